The molecule has 0 heterocycles. The van der Waals surface area contributed by atoms with Crippen molar-refractivity contribution in [2.45, 2.75) is 38.5 Å². The van der Waals surface area contributed by atoms with Gasteiger partial charge >= 0.3 is 0 Å². The minimum Gasteiger partial charge on any atom is -0.192 e. The van der Waals surface area contributed by atoms with Crippen LogP contribution < -0.4 is 0 Å². The monoisotopic (exact) mass is 199 g/mol. The van der Waals surface area contributed by atoms with E-state index in [4.69, 9.17) is 5.26 Å². The van der Waals surface area contributed by atoms with E-state index in [1.54, 1.807) is 0 Å². The van der Waals surface area contributed by atoms with Crippen LogP contribution in [0.1, 0.15) is 49.7 Å². The smallest absolute Gasteiger partial charge is 0.0991 e. The summed E-state index contributed by atoms with van der Waals surface area (Å²) in [5, 5.41) is 8.85. The van der Waals surface area contributed by atoms with Gasteiger partial charge in [0, 0.05) is 0 Å². The van der Waals surface area contributed by atoms with Crippen molar-refractivity contribution in [1.82, 2.24) is 0 Å². The van der Waals surface area contributed by atoms with Crippen LogP contribution in [0.5, 0.6) is 0 Å². The second kappa shape index (κ2) is 4.49. The molecule has 0 unspecified atom stereocenters. The number of hydrogen-bond donors (Lipinski definition) is 0. The zero-order chi connectivity index (χ0) is 10.7. The quantitative estimate of drug-likeness (QED) is 0.674. The first-order chi connectivity index (χ1) is 7.29. The molecule has 2 rings (SSSR count). The van der Waals surface area contributed by atoms with Crippen molar-refractivity contribution in [3.63, 3.8) is 0 Å². The Hall–Kier alpha value is -1.29. The fourth-order valence-electron chi connectivity index (χ4n) is 2.46. The summed E-state index contributed by atoms with van der Waals surface area (Å²) in [7, 11) is 0. The van der Waals surface area contributed by atoms with Gasteiger partial charge in [-0.25, -0.2) is 0 Å². The Morgan fingerprint density at radius 1 is 1.20 bits per heavy atom. The molecule has 0 aromatic heterocycles. The molecular weight excluding hydrogens is 182 g/mol. The highest BCUT2D eigenvalue weighted by Gasteiger charge is 2.19. The van der Waals surface area contributed by atoms with Gasteiger partial charge in [-0.05, 0) is 42.4 Å². The zero-order valence-electron chi connectivity index (χ0n) is 9.24. The van der Waals surface area contributed by atoms with E-state index in [9.17, 15) is 0 Å². The van der Waals surface area contributed by atoms with E-state index in [0.717, 1.165) is 11.5 Å². The second-order valence-corrected chi connectivity index (χ2v) is 4.69. The first kappa shape index (κ1) is 10.2. The maximum absolute atomic E-state index is 8.85. The van der Waals surface area contributed by atoms with Crippen LogP contribution in [0, 0.1) is 17.2 Å². The molecule has 0 amide bonds. The average molecular weight is 199 g/mol. The normalized spacial score (nSPS) is 25.9. The lowest BCUT2D eigenvalue weighted by molar-refractivity contribution is 0.348. The van der Waals surface area contributed by atoms with E-state index in [-0.39, 0.29) is 0 Å². The fourth-order valence-corrected chi connectivity index (χ4v) is 2.46. The molecule has 1 aliphatic rings. The van der Waals surface area contributed by atoms with Crippen molar-refractivity contribution in [3.8, 4) is 6.07 Å². The van der Waals surface area contributed by atoms with Crippen molar-refractivity contribution in [2.75, 3.05) is 0 Å². The van der Waals surface area contributed by atoms with Crippen LogP contribution in [-0.4, -0.2) is 0 Å². The maximum atomic E-state index is 8.85. The SMILES string of the molecule is CC1CCC(c2cccc(C#N)c2)CC1. The van der Waals surface area contributed by atoms with Crippen molar-refractivity contribution in [2.24, 2.45) is 5.92 Å². The lowest BCUT2D eigenvalue weighted by Crippen LogP contribution is -2.10. The van der Waals surface area contributed by atoms with Crippen LogP contribution >= 0.6 is 0 Å². The van der Waals surface area contributed by atoms with Gasteiger partial charge in [0.25, 0.3) is 0 Å². The second-order valence-electron chi connectivity index (χ2n) is 4.69. The minimum atomic E-state index is 0.689. The summed E-state index contributed by atoms with van der Waals surface area (Å²) < 4.78 is 0. The molecule has 78 valence electrons. The molecule has 1 aliphatic carbocycles. The summed E-state index contributed by atoms with van der Waals surface area (Å²) in [6, 6.07) is 10.3. The lowest BCUT2D eigenvalue weighted by Gasteiger charge is -2.26. The number of rotatable bonds is 1. The van der Waals surface area contributed by atoms with Crippen molar-refractivity contribution >= 4 is 0 Å². The van der Waals surface area contributed by atoms with Gasteiger partial charge in [-0.15, -0.1) is 0 Å². The molecule has 1 aromatic carbocycles. The van der Waals surface area contributed by atoms with Gasteiger partial charge in [-0.3, -0.25) is 0 Å². The standard InChI is InChI=1S/C14H17N/c1-11-5-7-13(8-6-11)14-4-2-3-12(9-14)10-15/h2-4,9,11,13H,5-8H2,1H3. The van der Waals surface area contributed by atoms with Crippen molar-refractivity contribution in [1.29, 1.82) is 5.26 Å². The van der Waals surface area contributed by atoms with Gasteiger partial charge in [0.05, 0.1) is 11.6 Å². The lowest BCUT2D eigenvalue weighted by atomic mass is 9.79. The highest BCUT2D eigenvalue weighted by Crippen LogP contribution is 2.35. The summed E-state index contributed by atoms with van der Waals surface area (Å²) >= 11 is 0. The van der Waals surface area contributed by atoms with Crippen LogP contribution in [0.15, 0.2) is 24.3 Å². The summed E-state index contributed by atoms with van der Waals surface area (Å²) in [6.45, 7) is 2.34. The molecule has 1 aromatic rings. The molecule has 0 aliphatic heterocycles. The molecule has 0 radical (unpaired) electrons. The molecule has 0 atom stereocenters. The maximum Gasteiger partial charge on any atom is 0.0991 e. The molecule has 0 N–H and O–H groups in total. The predicted molar refractivity (Wildman–Crippen MR) is 61.5 cm³/mol. The molecule has 0 bridgehead atoms. The van der Waals surface area contributed by atoms with Crippen LogP contribution in [0.25, 0.3) is 0 Å². The summed E-state index contributed by atoms with van der Waals surface area (Å²) in [4.78, 5) is 0. The molecule has 1 nitrogen and oxygen atoms in total. The van der Waals surface area contributed by atoms with Crippen LogP contribution in [0.4, 0.5) is 0 Å². The van der Waals surface area contributed by atoms with Gasteiger partial charge < -0.3 is 0 Å². The van der Waals surface area contributed by atoms with E-state index in [2.05, 4.69) is 25.1 Å². The third-order valence-corrected chi connectivity index (χ3v) is 3.50. The zero-order valence-corrected chi connectivity index (χ0v) is 9.24. The van der Waals surface area contributed by atoms with Crippen LogP contribution in [0.2, 0.25) is 0 Å². The Morgan fingerprint density at radius 3 is 2.60 bits per heavy atom. The largest absolute Gasteiger partial charge is 0.192 e. The summed E-state index contributed by atoms with van der Waals surface area (Å²) in [5.41, 5.74) is 2.16. The summed E-state index contributed by atoms with van der Waals surface area (Å²) in [6.07, 6.45) is 5.25. The Morgan fingerprint density at radius 2 is 1.93 bits per heavy atom. The van der Waals surface area contributed by atoms with Gasteiger partial charge in [-0.2, -0.15) is 5.26 Å². The number of hydrogen-bond acceptors (Lipinski definition) is 1. The van der Waals surface area contributed by atoms with Gasteiger partial charge in [0.15, 0.2) is 0 Å². The molecule has 1 heteroatoms. The third kappa shape index (κ3) is 2.39. The van der Waals surface area contributed by atoms with E-state index in [1.807, 2.05) is 12.1 Å². The minimum absolute atomic E-state index is 0.689. The third-order valence-electron chi connectivity index (χ3n) is 3.50. The molecular formula is C14H17N. The molecule has 0 spiro atoms. The number of nitriles is 1. The number of nitrogens with zero attached hydrogens (tertiary/aromatic N) is 1. The highest BCUT2D eigenvalue weighted by molar-refractivity contribution is 5.34. The Labute approximate surface area is 91.7 Å². The number of benzene rings is 1. The van der Waals surface area contributed by atoms with Crippen LogP contribution in [0.3, 0.4) is 0 Å². The highest BCUT2D eigenvalue weighted by atomic mass is 14.3. The van der Waals surface area contributed by atoms with Crippen LogP contribution in [-0.2, 0) is 0 Å². The Kier molecular flexibility index (Phi) is 3.06. The Bertz CT molecular complexity index is 367. The van der Waals surface area contributed by atoms with Crippen molar-refractivity contribution in [3.05, 3.63) is 35.4 Å². The van der Waals surface area contributed by atoms with Gasteiger partial charge in [-0.1, -0.05) is 31.9 Å². The van der Waals surface area contributed by atoms with Gasteiger partial charge in [0.2, 0.25) is 0 Å². The van der Waals surface area contributed by atoms with E-state index in [1.165, 1.54) is 31.2 Å². The first-order valence-corrected chi connectivity index (χ1v) is 5.79. The van der Waals surface area contributed by atoms with Gasteiger partial charge in [0.1, 0.15) is 0 Å². The molecule has 1 fully saturated rings. The fraction of sp³-hybridized carbons (Fsp3) is 0.500. The average Bonchev–Trinajstić information content (AvgIpc) is 2.30. The molecule has 0 saturated heterocycles. The first-order valence-electron chi connectivity index (χ1n) is 5.79. The Balaban J connectivity index is 2.12. The topological polar surface area (TPSA) is 23.8 Å². The van der Waals surface area contributed by atoms with E-state index >= 15 is 0 Å². The molecule has 1 saturated carbocycles. The molecule has 15 heavy (non-hydrogen) atoms. The summed E-state index contributed by atoms with van der Waals surface area (Å²) in [5.74, 6) is 1.58. The van der Waals surface area contributed by atoms with E-state index < -0.39 is 0 Å². The van der Waals surface area contributed by atoms with Crippen molar-refractivity contribution < 1.29 is 0 Å². The predicted octanol–water partition coefficient (Wildman–Crippen LogP) is 3.85. The van der Waals surface area contributed by atoms with E-state index in [0.29, 0.717) is 5.92 Å².